The zero-order chi connectivity index (χ0) is 27.8. The summed E-state index contributed by atoms with van der Waals surface area (Å²) in [5, 5.41) is 10.3. The maximum atomic E-state index is 13.4. The normalized spacial score (nSPS) is 19.1. The number of carboxylic acid groups (broad SMARTS) is 1. The number of amides is 1. The first-order valence-corrected chi connectivity index (χ1v) is 13.7. The van der Waals surface area contributed by atoms with Crippen molar-refractivity contribution in [2.24, 2.45) is 5.92 Å². The summed E-state index contributed by atoms with van der Waals surface area (Å²) in [6, 6.07) is 10.8. The summed E-state index contributed by atoms with van der Waals surface area (Å²) in [4.78, 5) is 25.7. The summed E-state index contributed by atoms with van der Waals surface area (Å²) in [7, 11) is -3.85. The van der Waals surface area contributed by atoms with E-state index in [9.17, 15) is 26.4 Å². The molecule has 1 aromatic carbocycles. The van der Waals surface area contributed by atoms with Crippen LogP contribution in [0, 0.1) is 5.92 Å². The number of nitrogens with one attached hydrogen (secondary N) is 1. The van der Waals surface area contributed by atoms with Gasteiger partial charge in [0.05, 0.1) is 12.1 Å². The van der Waals surface area contributed by atoms with Gasteiger partial charge in [0.15, 0.2) is 5.75 Å². The number of carbonyl (C=O) groups is 2. The molecule has 1 saturated heterocycles. The Bertz CT molecular complexity index is 1190. The van der Waals surface area contributed by atoms with Crippen molar-refractivity contribution >= 4 is 21.9 Å². The van der Waals surface area contributed by atoms with E-state index in [1.165, 1.54) is 23.1 Å². The maximum absolute atomic E-state index is 13.4. The standard InChI is InChI=1S/C23H29N3O4S.C2HF3O2/c27-23(25-19-9-3-1-4-10-19)18-8-7-15-26(17-18)31(28,29)22-16-24-14-13-21(22)30-20-11-5-2-6-12-20;3-2(4,5)1(6)7/h2,5-6,11-14,16,18-19H,1,3-4,7-10,15,17H2,(H,25,27);(H,6,7)/t18-;/m0./s1. The van der Waals surface area contributed by atoms with Crippen molar-refractivity contribution in [1.82, 2.24) is 14.6 Å². The molecular weight excluding hydrogens is 527 g/mol. The topological polar surface area (TPSA) is 126 Å². The SMILES string of the molecule is O=C(NC1CCCCC1)[C@H]1CCCN(S(=O)(=O)c2cnccc2Oc2ccccc2)C1.O=C(O)C(F)(F)F. The fourth-order valence-electron chi connectivity index (χ4n) is 4.34. The van der Waals surface area contributed by atoms with Crippen LogP contribution in [0.25, 0.3) is 0 Å². The number of sulfonamides is 1. The van der Waals surface area contributed by atoms with E-state index in [2.05, 4.69) is 10.3 Å². The Morgan fingerprint density at radius 1 is 1.03 bits per heavy atom. The number of piperidine rings is 1. The number of hydrogen-bond donors (Lipinski definition) is 2. The third-order valence-corrected chi connectivity index (χ3v) is 8.16. The molecule has 0 spiro atoms. The van der Waals surface area contributed by atoms with Crippen molar-refractivity contribution < 1.29 is 41.0 Å². The van der Waals surface area contributed by atoms with Crippen molar-refractivity contribution in [3.63, 3.8) is 0 Å². The number of alkyl halides is 3. The van der Waals surface area contributed by atoms with Gasteiger partial charge in [0.2, 0.25) is 15.9 Å². The van der Waals surface area contributed by atoms with Crippen LogP contribution < -0.4 is 10.1 Å². The van der Waals surface area contributed by atoms with Crippen molar-refractivity contribution in [1.29, 1.82) is 0 Å². The Kier molecular flexibility index (Phi) is 10.1. The van der Waals surface area contributed by atoms with Gasteiger partial charge in [-0.1, -0.05) is 37.5 Å². The Labute approximate surface area is 219 Å². The predicted molar refractivity (Wildman–Crippen MR) is 131 cm³/mol. The Morgan fingerprint density at radius 3 is 2.32 bits per heavy atom. The predicted octanol–water partition coefficient (Wildman–Crippen LogP) is 4.36. The first-order chi connectivity index (χ1) is 18.0. The van der Waals surface area contributed by atoms with E-state index in [0.717, 1.165) is 25.7 Å². The maximum Gasteiger partial charge on any atom is 0.490 e. The summed E-state index contributed by atoms with van der Waals surface area (Å²) < 4.78 is 65.8. The molecule has 2 aromatic rings. The average Bonchev–Trinajstić information content (AvgIpc) is 2.90. The third-order valence-electron chi connectivity index (χ3n) is 6.28. The number of carbonyl (C=O) groups excluding carboxylic acids is 1. The molecule has 208 valence electrons. The van der Waals surface area contributed by atoms with E-state index in [4.69, 9.17) is 14.6 Å². The number of nitrogens with zero attached hydrogens (tertiary/aromatic N) is 2. The molecule has 0 unspecified atom stereocenters. The quantitative estimate of drug-likeness (QED) is 0.541. The Balaban J connectivity index is 0.000000505. The smallest absolute Gasteiger partial charge is 0.475 e. The molecule has 9 nitrogen and oxygen atoms in total. The van der Waals surface area contributed by atoms with E-state index in [1.807, 2.05) is 18.2 Å². The Hall–Kier alpha value is -3.19. The van der Waals surface area contributed by atoms with Gasteiger partial charge in [-0.3, -0.25) is 9.78 Å². The van der Waals surface area contributed by atoms with Crippen LogP contribution in [0.15, 0.2) is 53.7 Å². The summed E-state index contributed by atoms with van der Waals surface area (Å²) in [5.74, 6) is -2.34. The van der Waals surface area contributed by atoms with Crippen LogP contribution in [0.4, 0.5) is 13.2 Å². The highest BCUT2D eigenvalue weighted by Crippen LogP contribution is 2.32. The zero-order valence-corrected chi connectivity index (χ0v) is 21.4. The van der Waals surface area contributed by atoms with Gasteiger partial charge >= 0.3 is 12.1 Å². The van der Waals surface area contributed by atoms with Gasteiger partial charge in [0, 0.05) is 31.4 Å². The molecule has 0 radical (unpaired) electrons. The highest BCUT2D eigenvalue weighted by atomic mass is 32.2. The molecular formula is C25H30F3N3O6S. The van der Waals surface area contributed by atoms with E-state index < -0.39 is 22.2 Å². The minimum absolute atomic E-state index is 0.0205. The Morgan fingerprint density at radius 2 is 1.68 bits per heavy atom. The van der Waals surface area contributed by atoms with Crippen molar-refractivity contribution in [3.8, 4) is 11.5 Å². The van der Waals surface area contributed by atoms with Gasteiger partial charge in [-0.2, -0.15) is 17.5 Å². The summed E-state index contributed by atoms with van der Waals surface area (Å²) >= 11 is 0. The van der Waals surface area contributed by atoms with E-state index >= 15 is 0 Å². The summed E-state index contributed by atoms with van der Waals surface area (Å²) in [6.45, 7) is 0.565. The van der Waals surface area contributed by atoms with Gasteiger partial charge in [-0.15, -0.1) is 0 Å². The second-order valence-corrected chi connectivity index (χ2v) is 11.0. The number of halogens is 3. The lowest BCUT2D eigenvalue weighted by Gasteiger charge is -2.33. The van der Waals surface area contributed by atoms with Crippen molar-refractivity contribution in [2.75, 3.05) is 13.1 Å². The minimum Gasteiger partial charge on any atom is -0.475 e. The molecule has 1 atom stereocenters. The lowest BCUT2D eigenvalue weighted by atomic mass is 9.93. The molecule has 1 aromatic heterocycles. The third kappa shape index (κ3) is 8.15. The van der Waals surface area contributed by atoms with Gasteiger partial charge in [0.25, 0.3) is 0 Å². The van der Waals surface area contributed by atoms with Crippen LogP contribution in [0.3, 0.4) is 0 Å². The second-order valence-electron chi connectivity index (χ2n) is 9.09. The van der Waals surface area contributed by atoms with Crippen LogP contribution >= 0.6 is 0 Å². The van der Waals surface area contributed by atoms with Crippen LogP contribution in [0.1, 0.15) is 44.9 Å². The lowest BCUT2D eigenvalue weighted by molar-refractivity contribution is -0.192. The number of carboxylic acids is 1. The van der Waals surface area contributed by atoms with Crippen LogP contribution in [0.2, 0.25) is 0 Å². The summed E-state index contributed by atoms with van der Waals surface area (Å²) in [5.41, 5.74) is 0. The fourth-order valence-corrected chi connectivity index (χ4v) is 5.92. The fraction of sp³-hybridized carbons (Fsp3) is 0.480. The van der Waals surface area contributed by atoms with Gasteiger partial charge < -0.3 is 15.2 Å². The van der Waals surface area contributed by atoms with E-state index in [0.29, 0.717) is 25.1 Å². The first-order valence-electron chi connectivity index (χ1n) is 12.3. The van der Waals surface area contributed by atoms with Gasteiger partial charge in [-0.05, 0) is 37.8 Å². The highest BCUT2D eigenvalue weighted by molar-refractivity contribution is 7.89. The molecule has 1 amide bonds. The second kappa shape index (κ2) is 13.1. The number of pyridine rings is 1. The molecule has 2 heterocycles. The molecule has 4 rings (SSSR count). The number of aromatic nitrogens is 1. The molecule has 1 aliphatic heterocycles. The number of aliphatic carboxylic acids is 1. The molecule has 1 saturated carbocycles. The minimum atomic E-state index is -5.08. The van der Waals surface area contributed by atoms with E-state index in [-0.39, 0.29) is 35.1 Å². The summed E-state index contributed by atoms with van der Waals surface area (Å²) in [6.07, 6.45) is 4.62. The van der Waals surface area contributed by atoms with Gasteiger partial charge in [0.1, 0.15) is 10.6 Å². The zero-order valence-electron chi connectivity index (χ0n) is 20.6. The monoisotopic (exact) mass is 557 g/mol. The number of hydrogen-bond acceptors (Lipinski definition) is 6. The van der Waals surface area contributed by atoms with Gasteiger partial charge in [-0.25, -0.2) is 13.2 Å². The van der Waals surface area contributed by atoms with E-state index in [1.54, 1.807) is 18.2 Å². The number of ether oxygens (including phenoxy) is 1. The molecule has 2 N–H and O–H groups in total. The molecule has 13 heteroatoms. The average molecular weight is 558 g/mol. The number of para-hydroxylation sites is 1. The molecule has 0 bridgehead atoms. The highest BCUT2D eigenvalue weighted by Gasteiger charge is 2.38. The largest absolute Gasteiger partial charge is 0.490 e. The number of benzene rings is 1. The molecule has 2 fully saturated rings. The van der Waals surface area contributed by atoms with Crippen LogP contribution in [-0.4, -0.2) is 60.0 Å². The molecule has 38 heavy (non-hydrogen) atoms. The molecule has 1 aliphatic carbocycles. The van der Waals surface area contributed by atoms with Crippen molar-refractivity contribution in [3.05, 3.63) is 48.8 Å². The van der Waals surface area contributed by atoms with Crippen LogP contribution in [0.5, 0.6) is 11.5 Å². The lowest BCUT2D eigenvalue weighted by Crippen LogP contribution is -2.47. The van der Waals surface area contributed by atoms with Crippen LogP contribution in [-0.2, 0) is 19.6 Å². The first kappa shape index (κ1) is 29.4. The van der Waals surface area contributed by atoms with Crippen molar-refractivity contribution in [2.45, 2.75) is 62.1 Å². The number of rotatable bonds is 6. The molecule has 2 aliphatic rings.